The lowest BCUT2D eigenvalue weighted by Gasteiger charge is -2.54. The molecular weight excluding hydrogens is 567 g/mol. The number of amides is 2. The lowest BCUT2D eigenvalue weighted by Crippen LogP contribution is -2.51. The van der Waals surface area contributed by atoms with Crippen LogP contribution in [0.25, 0.3) is 0 Å². The van der Waals surface area contributed by atoms with Crippen molar-refractivity contribution >= 4 is 17.5 Å². The van der Waals surface area contributed by atoms with Crippen LogP contribution in [-0.4, -0.2) is 45.7 Å². The number of hydrogen-bond acceptors (Lipinski definition) is 4. The predicted octanol–water partition coefficient (Wildman–Crippen LogP) is 7.25. The van der Waals surface area contributed by atoms with Crippen LogP contribution in [0.4, 0.5) is 10.1 Å². The van der Waals surface area contributed by atoms with Crippen molar-refractivity contribution in [2.45, 2.75) is 83.5 Å². The maximum absolute atomic E-state index is 16.1. The molecule has 2 saturated carbocycles. The highest BCUT2D eigenvalue weighted by Crippen LogP contribution is 2.63. The first-order valence-corrected chi connectivity index (χ1v) is 16.5. The summed E-state index contributed by atoms with van der Waals surface area (Å²) in [6.45, 7) is 4.63. The summed E-state index contributed by atoms with van der Waals surface area (Å²) >= 11 is 0. The van der Waals surface area contributed by atoms with E-state index in [0.29, 0.717) is 30.8 Å². The molecule has 3 aromatic carbocycles. The van der Waals surface area contributed by atoms with Crippen LogP contribution in [0.2, 0.25) is 0 Å². The smallest absolute Gasteiger partial charge is 0.254 e. The molecule has 0 aliphatic heterocycles. The Morgan fingerprint density at radius 2 is 1.78 bits per heavy atom. The second-order valence-corrected chi connectivity index (χ2v) is 13.8. The van der Waals surface area contributed by atoms with Crippen LogP contribution in [0.3, 0.4) is 0 Å². The molecule has 0 radical (unpaired) electrons. The zero-order chi connectivity index (χ0) is 31.7. The van der Waals surface area contributed by atoms with Crippen molar-refractivity contribution in [2.75, 3.05) is 11.9 Å². The third-order valence-corrected chi connectivity index (χ3v) is 11.0. The van der Waals surface area contributed by atoms with E-state index in [0.717, 1.165) is 55.2 Å². The molecule has 0 spiro atoms. The number of anilines is 1. The van der Waals surface area contributed by atoms with Crippen LogP contribution in [0, 0.1) is 23.2 Å². The minimum Gasteiger partial charge on any atom is -0.508 e. The monoisotopic (exact) mass is 612 g/mol. The second-order valence-electron chi connectivity index (χ2n) is 13.8. The van der Waals surface area contributed by atoms with E-state index in [1.807, 2.05) is 47.4 Å². The molecule has 3 aliphatic carbocycles. The Balaban J connectivity index is 1.18. The molecule has 7 atom stereocenters. The molecule has 6 nitrogen and oxygen atoms in total. The minimum absolute atomic E-state index is 0.0568. The number of carbonyl (C=O) groups is 2. The first-order valence-electron chi connectivity index (χ1n) is 16.5. The normalized spacial score (nSPS) is 28.4. The van der Waals surface area contributed by atoms with Gasteiger partial charge in [-0.15, -0.1) is 0 Å². The second kappa shape index (κ2) is 13.0. The Bertz CT molecular complexity index is 1510. The third kappa shape index (κ3) is 6.37. The average molecular weight is 613 g/mol. The third-order valence-electron chi connectivity index (χ3n) is 11.0. The van der Waals surface area contributed by atoms with Gasteiger partial charge in [-0.05, 0) is 115 Å². The molecule has 0 saturated heterocycles. The van der Waals surface area contributed by atoms with Gasteiger partial charge in [0.05, 0.1) is 6.10 Å². The summed E-state index contributed by atoms with van der Waals surface area (Å²) in [5, 5.41) is 24.0. The number of halogens is 1. The number of phenolic OH excluding ortho intramolecular Hbond substituents is 1. The van der Waals surface area contributed by atoms with Gasteiger partial charge in [0, 0.05) is 37.2 Å². The topological polar surface area (TPSA) is 89.9 Å². The fraction of sp³-hybridized carbons (Fsp3) is 0.474. The van der Waals surface area contributed by atoms with E-state index in [1.54, 1.807) is 30.3 Å². The lowest BCUT2D eigenvalue weighted by atomic mass is 9.51. The minimum atomic E-state index is -1.02. The maximum atomic E-state index is 16.1. The molecule has 0 aromatic heterocycles. The first kappa shape index (κ1) is 31.3. The predicted molar refractivity (Wildman–Crippen MR) is 174 cm³/mol. The number of aliphatic hydroxyl groups excluding tert-OH is 1. The number of unbranched alkanes of at least 4 members (excludes halogenated alkanes) is 1. The average Bonchev–Trinajstić information content (AvgIpc) is 3.31. The molecule has 2 amide bonds. The van der Waals surface area contributed by atoms with Crippen LogP contribution < -0.4 is 5.32 Å². The van der Waals surface area contributed by atoms with E-state index >= 15 is 4.39 Å². The summed E-state index contributed by atoms with van der Waals surface area (Å²) < 4.78 is 16.1. The standard InChI is InChI=1S/C38H45FN2O4/c1-24(42)40-29-13-11-26(12-14-29)37(45)41(23-25-8-4-3-5-9-25)19-7-6-10-27-20-28-21-30(43)15-16-31(28)36-33(39)22-38(2)32(35(27)36)17-18-34(38)44/h3-5,8-9,11-16,21,27,32-36,43-44H,6-7,10,17-20,22-23H2,1-2H3,(H,40,42)/t27?,32?,33?,34?,35?,36?,38-/m0/s1. The van der Waals surface area contributed by atoms with Gasteiger partial charge < -0.3 is 20.4 Å². The van der Waals surface area contributed by atoms with Crippen molar-refractivity contribution in [3.05, 3.63) is 95.1 Å². The molecule has 0 heterocycles. The number of fused-ring (bicyclic) bond motifs is 5. The lowest BCUT2D eigenvalue weighted by molar-refractivity contribution is -0.114. The van der Waals surface area contributed by atoms with Crippen LogP contribution >= 0.6 is 0 Å². The molecule has 7 heteroatoms. The Hall–Kier alpha value is -3.71. The van der Waals surface area contributed by atoms with Gasteiger partial charge in [-0.2, -0.15) is 0 Å². The first-order chi connectivity index (χ1) is 21.6. The number of carbonyl (C=O) groups excluding carboxylic acids is 2. The molecule has 0 bridgehead atoms. The van der Waals surface area contributed by atoms with Gasteiger partial charge >= 0.3 is 0 Å². The van der Waals surface area contributed by atoms with E-state index in [-0.39, 0.29) is 41.2 Å². The molecule has 6 unspecified atom stereocenters. The largest absolute Gasteiger partial charge is 0.508 e. The molecule has 3 N–H and O–H groups in total. The quantitative estimate of drug-likeness (QED) is 0.222. The van der Waals surface area contributed by atoms with E-state index in [2.05, 4.69) is 12.2 Å². The van der Waals surface area contributed by atoms with Crippen LogP contribution in [-0.2, 0) is 17.8 Å². The van der Waals surface area contributed by atoms with E-state index in [9.17, 15) is 19.8 Å². The van der Waals surface area contributed by atoms with Gasteiger partial charge in [-0.25, -0.2) is 4.39 Å². The number of aliphatic hydroxyl groups is 1. The van der Waals surface area contributed by atoms with Crippen LogP contribution in [0.15, 0.2) is 72.8 Å². The Morgan fingerprint density at radius 3 is 2.51 bits per heavy atom. The van der Waals surface area contributed by atoms with Crippen molar-refractivity contribution < 1.29 is 24.2 Å². The highest BCUT2D eigenvalue weighted by Gasteiger charge is 2.59. The molecule has 2 fully saturated rings. The fourth-order valence-corrected chi connectivity index (χ4v) is 8.88. The van der Waals surface area contributed by atoms with Crippen LogP contribution in [0.1, 0.15) is 85.3 Å². The summed E-state index contributed by atoms with van der Waals surface area (Å²) in [5.41, 5.74) is 3.97. The zero-order valence-electron chi connectivity index (χ0n) is 26.3. The molecule has 6 rings (SSSR count). The number of phenols is 1. The zero-order valence-corrected chi connectivity index (χ0v) is 26.3. The maximum Gasteiger partial charge on any atom is 0.254 e. The molecule has 3 aliphatic rings. The highest BCUT2D eigenvalue weighted by molar-refractivity contribution is 5.95. The number of nitrogens with one attached hydrogen (secondary N) is 1. The number of hydrogen-bond donors (Lipinski definition) is 3. The molecular formula is C38H45FN2O4. The molecule has 238 valence electrons. The van der Waals surface area contributed by atoms with Gasteiger partial charge in [0.1, 0.15) is 11.9 Å². The van der Waals surface area contributed by atoms with Crippen molar-refractivity contribution in [2.24, 2.45) is 23.2 Å². The number of rotatable bonds is 9. The fourth-order valence-electron chi connectivity index (χ4n) is 8.88. The number of aromatic hydroxyl groups is 1. The van der Waals surface area contributed by atoms with E-state index < -0.39 is 17.7 Å². The number of nitrogens with zero attached hydrogens (tertiary/aromatic N) is 1. The van der Waals surface area contributed by atoms with Crippen molar-refractivity contribution in [3.63, 3.8) is 0 Å². The van der Waals surface area contributed by atoms with E-state index in [1.165, 1.54) is 6.92 Å². The molecule has 3 aromatic rings. The Kier molecular flexibility index (Phi) is 9.00. The van der Waals surface area contributed by atoms with E-state index in [4.69, 9.17) is 0 Å². The number of benzene rings is 3. The SMILES string of the molecule is CC(=O)Nc1ccc(C(=O)N(CCCCC2Cc3cc(O)ccc3C3C(F)C[C@]4(C)C(O)CCC4C23)Cc2ccccc2)cc1. The summed E-state index contributed by atoms with van der Waals surface area (Å²) in [4.78, 5) is 27.0. The number of alkyl halides is 1. The van der Waals surface area contributed by atoms with Crippen LogP contribution in [0.5, 0.6) is 5.75 Å². The molecule has 45 heavy (non-hydrogen) atoms. The Morgan fingerprint density at radius 1 is 1.02 bits per heavy atom. The van der Waals surface area contributed by atoms with Gasteiger partial charge in [-0.3, -0.25) is 9.59 Å². The highest BCUT2D eigenvalue weighted by atomic mass is 19.1. The summed E-state index contributed by atoms with van der Waals surface area (Å²) in [6.07, 6.45) is 3.97. The van der Waals surface area contributed by atoms with Gasteiger partial charge in [0.25, 0.3) is 5.91 Å². The van der Waals surface area contributed by atoms with Crippen molar-refractivity contribution in [1.29, 1.82) is 0 Å². The van der Waals surface area contributed by atoms with Crippen molar-refractivity contribution in [1.82, 2.24) is 4.90 Å². The van der Waals surface area contributed by atoms with Crippen molar-refractivity contribution in [3.8, 4) is 5.75 Å². The van der Waals surface area contributed by atoms with Gasteiger partial charge in [-0.1, -0.05) is 49.7 Å². The summed E-state index contributed by atoms with van der Waals surface area (Å²) in [5.74, 6) is 0.465. The van der Waals surface area contributed by atoms with Gasteiger partial charge in [0.15, 0.2) is 0 Å². The summed E-state index contributed by atoms with van der Waals surface area (Å²) in [6, 6.07) is 22.4. The van der Waals surface area contributed by atoms with Gasteiger partial charge in [0.2, 0.25) is 5.91 Å². The Labute approximate surface area is 265 Å². The summed E-state index contributed by atoms with van der Waals surface area (Å²) in [7, 11) is 0.